The summed E-state index contributed by atoms with van der Waals surface area (Å²) in [7, 11) is 0. The number of ether oxygens (including phenoxy) is 1. The maximum Gasteiger partial charge on any atom is 0.220 e. The smallest absolute Gasteiger partial charge is 0.220 e. The molecule has 0 aliphatic rings. The van der Waals surface area contributed by atoms with Crippen molar-refractivity contribution < 1.29 is 9.15 Å². The topological polar surface area (TPSA) is 34.7 Å². The molecule has 3 rings (SSSR count). The molecule has 3 aromatic rings. The van der Waals surface area contributed by atoms with Crippen molar-refractivity contribution in [3.63, 3.8) is 0 Å². The van der Waals surface area contributed by atoms with Crippen LogP contribution >= 0.6 is 11.8 Å². The Morgan fingerprint density at radius 3 is 2.56 bits per heavy atom. The first-order chi connectivity index (χ1) is 13.0. The molecule has 0 aliphatic carbocycles. The number of aliphatic imine (C=N–C) groups is 1. The lowest BCUT2D eigenvalue weighted by molar-refractivity contribution is 0.527. The van der Waals surface area contributed by atoms with E-state index >= 15 is 0 Å². The van der Waals surface area contributed by atoms with Crippen LogP contribution in [0.4, 0.5) is 5.69 Å². The first kappa shape index (κ1) is 19.1. The highest BCUT2D eigenvalue weighted by molar-refractivity contribution is 8.02. The standard InChI is InChI=1S/C23H23NO2S/c1-16-6-5-7-21(14-16)26-23(11-13-27-22-10-12-25-19(22)4)24-20-9-8-17(2)18(3)15-20/h5-15H,1-4H3. The molecule has 2 aromatic carbocycles. The van der Waals surface area contributed by atoms with Crippen molar-refractivity contribution in [1.82, 2.24) is 0 Å². The number of hydrogen-bond donors (Lipinski definition) is 0. The number of hydrogen-bond acceptors (Lipinski definition) is 4. The van der Waals surface area contributed by atoms with Crippen molar-refractivity contribution in [2.75, 3.05) is 0 Å². The Labute approximate surface area is 164 Å². The molecule has 27 heavy (non-hydrogen) atoms. The van der Waals surface area contributed by atoms with E-state index in [1.54, 1.807) is 18.0 Å². The van der Waals surface area contributed by atoms with Gasteiger partial charge in [-0.1, -0.05) is 30.0 Å². The molecule has 3 nitrogen and oxygen atoms in total. The molecule has 1 aromatic heterocycles. The molecule has 0 N–H and O–H groups in total. The van der Waals surface area contributed by atoms with Crippen molar-refractivity contribution in [3.8, 4) is 5.75 Å². The second kappa shape index (κ2) is 8.78. The van der Waals surface area contributed by atoms with Crippen LogP contribution in [-0.2, 0) is 0 Å². The van der Waals surface area contributed by atoms with Gasteiger partial charge in [0.25, 0.3) is 0 Å². The van der Waals surface area contributed by atoms with Crippen LogP contribution in [0.5, 0.6) is 5.75 Å². The van der Waals surface area contributed by atoms with Crippen molar-refractivity contribution in [2.24, 2.45) is 4.99 Å². The summed E-state index contributed by atoms with van der Waals surface area (Å²) < 4.78 is 11.4. The van der Waals surface area contributed by atoms with E-state index in [-0.39, 0.29) is 0 Å². The molecule has 0 bridgehead atoms. The van der Waals surface area contributed by atoms with Crippen molar-refractivity contribution in [1.29, 1.82) is 0 Å². The Kier molecular flexibility index (Phi) is 6.20. The molecular weight excluding hydrogens is 354 g/mol. The minimum absolute atomic E-state index is 0.539. The minimum atomic E-state index is 0.539. The molecule has 0 saturated carbocycles. The molecule has 0 amide bonds. The summed E-state index contributed by atoms with van der Waals surface area (Å²) in [4.78, 5) is 5.77. The third-order valence-corrected chi connectivity index (χ3v) is 5.11. The number of thioether (sulfide) groups is 1. The van der Waals surface area contributed by atoms with Crippen molar-refractivity contribution in [2.45, 2.75) is 32.6 Å². The fourth-order valence-corrected chi connectivity index (χ4v) is 3.16. The Balaban J connectivity index is 1.86. The Morgan fingerprint density at radius 1 is 1.00 bits per heavy atom. The highest BCUT2D eigenvalue weighted by Gasteiger charge is 2.04. The van der Waals surface area contributed by atoms with Crippen LogP contribution in [0.1, 0.15) is 22.5 Å². The van der Waals surface area contributed by atoms with Gasteiger partial charge < -0.3 is 9.15 Å². The number of benzene rings is 2. The molecule has 0 aliphatic heterocycles. The first-order valence-electron chi connectivity index (χ1n) is 8.79. The monoisotopic (exact) mass is 377 g/mol. The van der Waals surface area contributed by atoms with Gasteiger partial charge in [-0.3, -0.25) is 0 Å². The van der Waals surface area contributed by atoms with E-state index in [1.165, 1.54) is 11.1 Å². The normalized spacial score (nSPS) is 11.9. The molecule has 138 valence electrons. The summed E-state index contributed by atoms with van der Waals surface area (Å²) in [6.07, 6.45) is 3.58. The first-order valence-corrected chi connectivity index (χ1v) is 9.67. The highest BCUT2D eigenvalue weighted by Crippen LogP contribution is 2.25. The predicted octanol–water partition coefficient (Wildman–Crippen LogP) is 6.93. The lowest BCUT2D eigenvalue weighted by Crippen LogP contribution is -2.04. The maximum atomic E-state index is 6.05. The zero-order valence-corrected chi connectivity index (χ0v) is 16.8. The van der Waals surface area contributed by atoms with E-state index in [1.807, 2.05) is 61.7 Å². The van der Waals surface area contributed by atoms with Crippen LogP contribution in [0, 0.1) is 27.7 Å². The van der Waals surface area contributed by atoms with E-state index in [9.17, 15) is 0 Å². The van der Waals surface area contributed by atoms with Gasteiger partial charge in [-0.2, -0.15) is 0 Å². The summed E-state index contributed by atoms with van der Waals surface area (Å²) in [6.45, 7) is 8.17. The van der Waals surface area contributed by atoms with Crippen LogP contribution in [0.2, 0.25) is 0 Å². The molecule has 0 spiro atoms. The van der Waals surface area contributed by atoms with Crippen LogP contribution in [0.3, 0.4) is 0 Å². The van der Waals surface area contributed by atoms with Gasteiger partial charge in [0.2, 0.25) is 5.90 Å². The van der Waals surface area contributed by atoms with E-state index in [4.69, 9.17) is 14.1 Å². The summed E-state index contributed by atoms with van der Waals surface area (Å²) in [5, 5.41) is 1.97. The second-order valence-corrected chi connectivity index (χ2v) is 7.35. The Hall–Kier alpha value is -2.72. The predicted molar refractivity (Wildman–Crippen MR) is 113 cm³/mol. The van der Waals surface area contributed by atoms with Gasteiger partial charge in [0.1, 0.15) is 11.5 Å². The molecule has 0 unspecified atom stereocenters. The fraction of sp³-hybridized carbons (Fsp3) is 0.174. The zero-order chi connectivity index (χ0) is 19.2. The van der Waals surface area contributed by atoms with Crippen molar-refractivity contribution in [3.05, 3.63) is 88.7 Å². The number of nitrogens with zero attached hydrogens (tertiary/aromatic N) is 1. The molecule has 4 heteroatoms. The summed E-state index contributed by atoms with van der Waals surface area (Å²) in [5.41, 5.74) is 4.47. The lowest BCUT2D eigenvalue weighted by Gasteiger charge is -2.07. The second-order valence-electron chi connectivity index (χ2n) is 6.40. The SMILES string of the molecule is Cc1cccc(OC(C=CSc2ccoc2C)=Nc2ccc(C)c(C)c2)c1. The van der Waals surface area contributed by atoms with Gasteiger partial charge in [0.15, 0.2) is 0 Å². The minimum Gasteiger partial charge on any atom is -0.468 e. The van der Waals surface area contributed by atoms with E-state index in [2.05, 4.69) is 26.0 Å². The summed E-state index contributed by atoms with van der Waals surface area (Å²) >= 11 is 1.58. The van der Waals surface area contributed by atoms with Gasteiger partial charge in [0.05, 0.1) is 16.8 Å². The third-order valence-electron chi connectivity index (χ3n) is 4.16. The Bertz CT molecular complexity index is 986. The van der Waals surface area contributed by atoms with Crippen LogP contribution in [-0.4, -0.2) is 5.90 Å². The lowest BCUT2D eigenvalue weighted by atomic mass is 10.1. The highest BCUT2D eigenvalue weighted by atomic mass is 32.2. The van der Waals surface area contributed by atoms with Crippen LogP contribution in [0.15, 0.2) is 80.6 Å². The quantitative estimate of drug-likeness (QED) is 0.275. The molecule has 0 radical (unpaired) electrons. The third kappa shape index (κ3) is 5.38. The average molecular weight is 378 g/mol. The van der Waals surface area contributed by atoms with Gasteiger partial charge in [0, 0.05) is 6.08 Å². The Morgan fingerprint density at radius 2 is 1.85 bits per heavy atom. The van der Waals surface area contributed by atoms with Crippen LogP contribution < -0.4 is 4.74 Å². The van der Waals surface area contributed by atoms with Gasteiger partial charge >= 0.3 is 0 Å². The van der Waals surface area contributed by atoms with Gasteiger partial charge in [-0.05, 0) is 80.1 Å². The van der Waals surface area contributed by atoms with E-state index in [0.29, 0.717) is 5.90 Å². The molecule has 0 fully saturated rings. The average Bonchev–Trinajstić information content (AvgIpc) is 3.03. The fourth-order valence-electron chi connectivity index (χ4n) is 2.48. The largest absolute Gasteiger partial charge is 0.468 e. The van der Waals surface area contributed by atoms with Crippen molar-refractivity contribution >= 4 is 23.3 Å². The molecule has 1 heterocycles. The number of aryl methyl sites for hydroxylation is 4. The number of rotatable bonds is 5. The van der Waals surface area contributed by atoms with E-state index in [0.717, 1.165) is 27.7 Å². The maximum absolute atomic E-state index is 6.05. The van der Waals surface area contributed by atoms with Gasteiger partial charge in [-0.25, -0.2) is 4.99 Å². The molecule has 0 atom stereocenters. The summed E-state index contributed by atoms with van der Waals surface area (Å²) in [5.74, 6) is 2.21. The molecular formula is C23H23NO2S. The van der Waals surface area contributed by atoms with Crippen LogP contribution in [0.25, 0.3) is 0 Å². The molecule has 0 saturated heterocycles. The van der Waals surface area contributed by atoms with Gasteiger partial charge in [-0.15, -0.1) is 0 Å². The number of furan rings is 1. The zero-order valence-electron chi connectivity index (χ0n) is 16.0. The summed E-state index contributed by atoms with van der Waals surface area (Å²) in [6, 6.07) is 16.0. The van der Waals surface area contributed by atoms with E-state index < -0.39 is 0 Å².